The topological polar surface area (TPSA) is 46.3 Å². The van der Waals surface area contributed by atoms with E-state index in [9.17, 15) is 4.79 Å². The van der Waals surface area contributed by atoms with Crippen molar-refractivity contribution in [1.82, 2.24) is 4.90 Å². The first kappa shape index (κ1) is 10.6. The molecule has 0 aliphatic carbocycles. The molecule has 15 heavy (non-hydrogen) atoms. The minimum Gasteiger partial charge on any atom is -0.330 e. The highest BCUT2D eigenvalue weighted by atomic mass is 79.9. The summed E-state index contributed by atoms with van der Waals surface area (Å²) >= 11 is 3.46. The van der Waals surface area contributed by atoms with Gasteiger partial charge in [0.15, 0.2) is 0 Å². The zero-order chi connectivity index (χ0) is 11.0. The van der Waals surface area contributed by atoms with Crippen LogP contribution < -0.4 is 5.73 Å². The van der Waals surface area contributed by atoms with Gasteiger partial charge in [0.1, 0.15) is 0 Å². The van der Waals surface area contributed by atoms with Crippen LogP contribution in [0, 0.1) is 0 Å². The third kappa shape index (κ3) is 1.68. The Bertz CT molecular complexity index is 406. The molecule has 80 valence electrons. The van der Waals surface area contributed by atoms with Crippen LogP contribution in [0.5, 0.6) is 0 Å². The first-order valence-electron chi connectivity index (χ1n) is 4.93. The van der Waals surface area contributed by atoms with E-state index in [1.54, 1.807) is 0 Å². The standard InChI is InChI=1S/C11H13BrN2O/c1-7(5-13)14-6-9-8(11(14)15)3-2-4-10(9)12/h2-4,7H,5-6,13H2,1H3. The van der Waals surface area contributed by atoms with E-state index in [1.807, 2.05) is 30.0 Å². The fraction of sp³-hybridized carbons (Fsp3) is 0.364. The zero-order valence-corrected chi connectivity index (χ0v) is 10.1. The van der Waals surface area contributed by atoms with Gasteiger partial charge in [0, 0.05) is 29.2 Å². The number of nitrogens with zero attached hydrogens (tertiary/aromatic N) is 1. The van der Waals surface area contributed by atoms with Crippen LogP contribution >= 0.6 is 15.9 Å². The van der Waals surface area contributed by atoms with Crippen molar-refractivity contribution in [3.8, 4) is 0 Å². The molecule has 2 rings (SSSR count). The number of amides is 1. The number of hydrogen-bond donors (Lipinski definition) is 1. The van der Waals surface area contributed by atoms with E-state index in [0.717, 1.165) is 15.6 Å². The highest BCUT2D eigenvalue weighted by Gasteiger charge is 2.31. The Morgan fingerprint density at radius 2 is 2.33 bits per heavy atom. The quantitative estimate of drug-likeness (QED) is 0.889. The average molecular weight is 269 g/mol. The van der Waals surface area contributed by atoms with Crippen LogP contribution in [0.15, 0.2) is 22.7 Å². The van der Waals surface area contributed by atoms with Crippen molar-refractivity contribution in [2.24, 2.45) is 5.73 Å². The van der Waals surface area contributed by atoms with Crippen molar-refractivity contribution < 1.29 is 4.79 Å². The number of hydrogen-bond acceptors (Lipinski definition) is 2. The molecular weight excluding hydrogens is 256 g/mol. The summed E-state index contributed by atoms with van der Waals surface area (Å²) in [4.78, 5) is 13.8. The molecule has 1 aliphatic heterocycles. The third-order valence-electron chi connectivity index (χ3n) is 2.81. The molecule has 0 aromatic heterocycles. The molecule has 1 amide bonds. The van der Waals surface area contributed by atoms with Gasteiger partial charge in [-0.1, -0.05) is 22.0 Å². The maximum Gasteiger partial charge on any atom is 0.254 e. The van der Waals surface area contributed by atoms with Gasteiger partial charge in [-0.25, -0.2) is 0 Å². The van der Waals surface area contributed by atoms with Crippen LogP contribution in [0.4, 0.5) is 0 Å². The molecular formula is C11H13BrN2O. The van der Waals surface area contributed by atoms with Crippen LogP contribution in [0.25, 0.3) is 0 Å². The van der Waals surface area contributed by atoms with Crippen molar-refractivity contribution >= 4 is 21.8 Å². The van der Waals surface area contributed by atoms with Gasteiger partial charge in [0.2, 0.25) is 0 Å². The van der Waals surface area contributed by atoms with Crippen LogP contribution in [-0.4, -0.2) is 23.4 Å². The Balaban J connectivity index is 2.37. The lowest BCUT2D eigenvalue weighted by atomic mass is 10.1. The molecule has 1 unspecified atom stereocenters. The Morgan fingerprint density at radius 1 is 1.60 bits per heavy atom. The summed E-state index contributed by atoms with van der Waals surface area (Å²) < 4.78 is 1.00. The van der Waals surface area contributed by atoms with Crippen molar-refractivity contribution in [1.29, 1.82) is 0 Å². The first-order chi connectivity index (χ1) is 7.15. The SMILES string of the molecule is CC(CN)N1Cc2c(Br)cccc2C1=O. The molecule has 0 saturated carbocycles. The smallest absolute Gasteiger partial charge is 0.254 e. The Labute approximate surface area is 97.4 Å². The van der Waals surface area contributed by atoms with Crippen LogP contribution in [0.1, 0.15) is 22.8 Å². The maximum atomic E-state index is 12.0. The lowest BCUT2D eigenvalue weighted by molar-refractivity contribution is 0.0723. The number of halogens is 1. The molecule has 0 saturated heterocycles. The van der Waals surface area contributed by atoms with Crippen molar-refractivity contribution in [2.45, 2.75) is 19.5 Å². The van der Waals surface area contributed by atoms with Gasteiger partial charge in [-0.05, 0) is 24.6 Å². The molecule has 4 heteroatoms. The number of benzene rings is 1. The average Bonchev–Trinajstić information content (AvgIpc) is 2.57. The van der Waals surface area contributed by atoms with E-state index in [-0.39, 0.29) is 11.9 Å². The fourth-order valence-corrected chi connectivity index (χ4v) is 2.29. The minimum atomic E-state index is 0.0873. The Hall–Kier alpha value is -0.870. The number of carbonyl (C=O) groups excluding carboxylic acids is 1. The summed E-state index contributed by atoms with van der Waals surface area (Å²) in [6.45, 7) is 3.13. The molecule has 0 spiro atoms. The summed E-state index contributed by atoms with van der Waals surface area (Å²) in [6.07, 6.45) is 0. The van der Waals surface area contributed by atoms with E-state index in [4.69, 9.17) is 5.73 Å². The lowest BCUT2D eigenvalue weighted by Gasteiger charge is -2.22. The highest BCUT2D eigenvalue weighted by Crippen LogP contribution is 2.30. The molecule has 1 aromatic carbocycles. The van der Waals surface area contributed by atoms with Gasteiger partial charge in [-0.15, -0.1) is 0 Å². The normalized spacial score (nSPS) is 16.7. The summed E-state index contributed by atoms with van der Waals surface area (Å²) in [7, 11) is 0. The number of fused-ring (bicyclic) bond motifs is 1. The summed E-state index contributed by atoms with van der Waals surface area (Å²) in [5.41, 5.74) is 7.45. The van der Waals surface area contributed by atoms with Crippen molar-refractivity contribution in [2.75, 3.05) is 6.54 Å². The second-order valence-electron chi connectivity index (χ2n) is 3.78. The molecule has 0 radical (unpaired) electrons. The number of rotatable bonds is 2. The molecule has 1 heterocycles. The number of nitrogens with two attached hydrogens (primary N) is 1. The number of carbonyl (C=O) groups is 1. The van der Waals surface area contributed by atoms with Crippen molar-refractivity contribution in [3.63, 3.8) is 0 Å². The molecule has 2 N–H and O–H groups in total. The third-order valence-corrected chi connectivity index (χ3v) is 3.55. The zero-order valence-electron chi connectivity index (χ0n) is 8.53. The van der Waals surface area contributed by atoms with Gasteiger partial charge in [0.05, 0.1) is 0 Å². The molecule has 1 atom stereocenters. The van der Waals surface area contributed by atoms with Gasteiger partial charge >= 0.3 is 0 Å². The van der Waals surface area contributed by atoms with Crippen LogP contribution in [0.3, 0.4) is 0 Å². The van der Waals surface area contributed by atoms with E-state index >= 15 is 0 Å². The monoisotopic (exact) mass is 268 g/mol. The molecule has 1 aromatic rings. The van der Waals surface area contributed by atoms with E-state index < -0.39 is 0 Å². The van der Waals surface area contributed by atoms with E-state index in [0.29, 0.717) is 13.1 Å². The Kier molecular flexibility index (Phi) is 2.80. The maximum absolute atomic E-state index is 12.0. The van der Waals surface area contributed by atoms with Gasteiger partial charge < -0.3 is 10.6 Å². The summed E-state index contributed by atoms with van der Waals surface area (Å²) in [5.74, 6) is 0.0873. The van der Waals surface area contributed by atoms with Crippen molar-refractivity contribution in [3.05, 3.63) is 33.8 Å². The lowest BCUT2D eigenvalue weighted by Crippen LogP contribution is -2.38. The second kappa shape index (κ2) is 3.94. The molecule has 0 fully saturated rings. The summed E-state index contributed by atoms with van der Waals surface area (Å²) in [5, 5.41) is 0. The largest absolute Gasteiger partial charge is 0.330 e. The van der Waals surface area contributed by atoms with Gasteiger partial charge in [0.25, 0.3) is 5.91 Å². The first-order valence-corrected chi connectivity index (χ1v) is 5.73. The Morgan fingerprint density at radius 3 is 2.93 bits per heavy atom. The molecule has 3 nitrogen and oxygen atoms in total. The van der Waals surface area contributed by atoms with Gasteiger partial charge in [-0.3, -0.25) is 4.79 Å². The van der Waals surface area contributed by atoms with Crippen LogP contribution in [-0.2, 0) is 6.54 Å². The van der Waals surface area contributed by atoms with E-state index in [2.05, 4.69) is 15.9 Å². The predicted octanol–water partition coefficient (Wildman–Crippen LogP) is 1.75. The van der Waals surface area contributed by atoms with Gasteiger partial charge in [-0.2, -0.15) is 0 Å². The predicted molar refractivity (Wildman–Crippen MR) is 62.5 cm³/mol. The molecule has 1 aliphatic rings. The molecule has 0 bridgehead atoms. The fourth-order valence-electron chi connectivity index (χ4n) is 1.80. The highest BCUT2D eigenvalue weighted by molar-refractivity contribution is 9.10. The minimum absolute atomic E-state index is 0.0873. The second-order valence-corrected chi connectivity index (χ2v) is 4.64. The summed E-state index contributed by atoms with van der Waals surface area (Å²) in [6, 6.07) is 5.81. The van der Waals surface area contributed by atoms with E-state index in [1.165, 1.54) is 0 Å². The van der Waals surface area contributed by atoms with Crippen LogP contribution in [0.2, 0.25) is 0 Å².